The van der Waals surface area contributed by atoms with Gasteiger partial charge in [-0.25, -0.2) is 0 Å². The molecule has 3 atom stereocenters. The zero-order valence-electron chi connectivity index (χ0n) is 5.55. The van der Waals surface area contributed by atoms with Crippen molar-refractivity contribution >= 4 is 5.78 Å². The minimum atomic E-state index is 0.227. The monoisotopic (exact) mass is 125 g/mol. The van der Waals surface area contributed by atoms with Crippen LogP contribution in [0.1, 0.15) is 19.8 Å². The summed E-state index contributed by atoms with van der Waals surface area (Å²) in [7, 11) is 0. The van der Waals surface area contributed by atoms with E-state index in [0.29, 0.717) is 17.7 Å². The second-order valence-electron chi connectivity index (χ2n) is 3.17. The van der Waals surface area contributed by atoms with Crippen molar-refractivity contribution in [2.45, 2.75) is 31.8 Å². The molecule has 2 nitrogen and oxygen atoms in total. The first-order valence-corrected chi connectivity index (χ1v) is 3.56. The van der Waals surface area contributed by atoms with Gasteiger partial charge >= 0.3 is 0 Å². The highest BCUT2D eigenvalue weighted by atomic mass is 16.1. The Hall–Kier alpha value is -0.370. The van der Waals surface area contributed by atoms with Crippen LogP contribution >= 0.6 is 0 Å². The molecule has 9 heavy (non-hydrogen) atoms. The van der Waals surface area contributed by atoms with Crippen LogP contribution in [0, 0.1) is 5.92 Å². The zero-order chi connectivity index (χ0) is 6.43. The summed E-state index contributed by atoms with van der Waals surface area (Å²) in [5.41, 5.74) is 0. The molecule has 0 spiro atoms. The Bertz CT molecular complexity index is 153. The smallest absolute Gasteiger partial charge is 0.150 e. The minimum Gasteiger partial charge on any atom is -0.305 e. The fourth-order valence-corrected chi connectivity index (χ4v) is 1.91. The quantitative estimate of drug-likeness (QED) is 0.505. The van der Waals surface area contributed by atoms with Gasteiger partial charge in [0, 0.05) is 12.5 Å². The molecule has 1 saturated heterocycles. The molecule has 50 valence electrons. The summed E-state index contributed by atoms with van der Waals surface area (Å²) in [6.07, 6.45) is 1.93. The van der Waals surface area contributed by atoms with E-state index in [0.717, 1.165) is 12.8 Å². The first-order valence-electron chi connectivity index (χ1n) is 3.56. The SMILES string of the molecule is CC1NC2CC1CC2=O. The van der Waals surface area contributed by atoms with Gasteiger partial charge in [-0.2, -0.15) is 0 Å². The first kappa shape index (κ1) is 5.42. The number of carbonyl (C=O) groups is 1. The maximum Gasteiger partial charge on any atom is 0.150 e. The molecule has 1 saturated carbocycles. The Kier molecular flexibility index (Phi) is 0.943. The molecule has 0 aromatic carbocycles. The molecule has 1 N–H and O–H groups in total. The predicted octanol–water partition coefficient (Wildman–Crippen LogP) is 0.326. The standard InChI is InChI=1S/C7H11NO/c1-4-5-2-6(8-4)7(9)3-5/h4-6,8H,2-3H2,1H3. The average molecular weight is 125 g/mol. The molecule has 2 aliphatic rings. The van der Waals surface area contributed by atoms with Crippen LogP contribution in [-0.4, -0.2) is 17.9 Å². The van der Waals surface area contributed by atoms with Gasteiger partial charge in [-0.1, -0.05) is 0 Å². The van der Waals surface area contributed by atoms with E-state index in [1.54, 1.807) is 0 Å². The van der Waals surface area contributed by atoms with Crippen molar-refractivity contribution in [3.8, 4) is 0 Å². The highest BCUT2D eigenvalue weighted by Crippen LogP contribution is 2.32. The Morgan fingerprint density at radius 2 is 2.44 bits per heavy atom. The Morgan fingerprint density at radius 3 is 2.78 bits per heavy atom. The fourth-order valence-electron chi connectivity index (χ4n) is 1.91. The van der Waals surface area contributed by atoms with E-state index in [1.165, 1.54) is 0 Å². The van der Waals surface area contributed by atoms with Gasteiger partial charge in [0.25, 0.3) is 0 Å². The highest BCUT2D eigenvalue weighted by molar-refractivity contribution is 5.87. The van der Waals surface area contributed by atoms with Gasteiger partial charge in [0.1, 0.15) is 5.78 Å². The van der Waals surface area contributed by atoms with E-state index in [2.05, 4.69) is 12.2 Å². The van der Waals surface area contributed by atoms with Gasteiger partial charge in [-0.15, -0.1) is 0 Å². The molecule has 0 aromatic heterocycles. The Labute approximate surface area is 54.6 Å². The average Bonchev–Trinajstić information content (AvgIpc) is 2.24. The second-order valence-corrected chi connectivity index (χ2v) is 3.17. The number of rotatable bonds is 0. The number of carbonyl (C=O) groups excluding carboxylic acids is 1. The normalized spacial score (nSPS) is 48.6. The molecule has 1 aliphatic heterocycles. The van der Waals surface area contributed by atoms with Gasteiger partial charge in [0.05, 0.1) is 6.04 Å². The first-order chi connectivity index (χ1) is 4.27. The third kappa shape index (κ3) is 0.628. The number of Topliss-reactive ketones (excluding diaryl/α,β-unsaturated/α-hetero) is 1. The maximum atomic E-state index is 10.9. The van der Waals surface area contributed by atoms with Crippen molar-refractivity contribution in [2.24, 2.45) is 5.92 Å². The summed E-state index contributed by atoms with van der Waals surface area (Å²) in [5, 5.41) is 3.25. The van der Waals surface area contributed by atoms with E-state index in [4.69, 9.17) is 0 Å². The molecule has 0 aromatic rings. The van der Waals surface area contributed by atoms with E-state index in [-0.39, 0.29) is 6.04 Å². The lowest BCUT2D eigenvalue weighted by Crippen LogP contribution is -2.38. The van der Waals surface area contributed by atoms with Crippen molar-refractivity contribution in [3.63, 3.8) is 0 Å². The number of hydrogen-bond donors (Lipinski definition) is 1. The third-order valence-corrected chi connectivity index (χ3v) is 2.56. The third-order valence-electron chi connectivity index (χ3n) is 2.56. The number of nitrogens with one attached hydrogen (secondary N) is 1. The molecule has 2 rings (SSSR count). The maximum absolute atomic E-state index is 10.9. The Balaban J connectivity index is 2.19. The van der Waals surface area contributed by atoms with Crippen LogP contribution in [0.15, 0.2) is 0 Å². The molecule has 1 heterocycles. The van der Waals surface area contributed by atoms with Crippen LogP contribution in [0.3, 0.4) is 0 Å². The van der Waals surface area contributed by atoms with E-state index in [9.17, 15) is 4.79 Å². The van der Waals surface area contributed by atoms with Gasteiger partial charge in [0.15, 0.2) is 0 Å². The lowest BCUT2D eigenvalue weighted by Gasteiger charge is -2.16. The van der Waals surface area contributed by atoms with Crippen molar-refractivity contribution in [1.82, 2.24) is 5.32 Å². The zero-order valence-corrected chi connectivity index (χ0v) is 5.55. The van der Waals surface area contributed by atoms with Gasteiger partial charge in [-0.3, -0.25) is 4.79 Å². The number of ketones is 1. The van der Waals surface area contributed by atoms with Crippen LogP contribution in [-0.2, 0) is 4.79 Å². The summed E-state index contributed by atoms with van der Waals surface area (Å²) in [5.74, 6) is 1.08. The number of fused-ring (bicyclic) bond motifs is 2. The molecule has 3 unspecified atom stereocenters. The lowest BCUT2D eigenvalue weighted by molar-refractivity contribution is -0.120. The van der Waals surface area contributed by atoms with E-state index < -0.39 is 0 Å². The molecule has 1 aliphatic carbocycles. The molecule has 2 bridgehead atoms. The van der Waals surface area contributed by atoms with Crippen LogP contribution in [0.2, 0.25) is 0 Å². The largest absolute Gasteiger partial charge is 0.305 e. The molecule has 0 radical (unpaired) electrons. The summed E-state index contributed by atoms with van der Waals surface area (Å²) in [4.78, 5) is 10.9. The van der Waals surface area contributed by atoms with Gasteiger partial charge in [0.2, 0.25) is 0 Å². The summed E-state index contributed by atoms with van der Waals surface area (Å²) in [6, 6.07) is 0.817. The highest BCUT2D eigenvalue weighted by Gasteiger charge is 2.42. The van der Waals surface area contributed by atoms with Crippen LogP contribution in [0.25, 0.3) is 0 Å². The fraction of sp³-hybridized carbons (Fsp3) is 0.857. The van der Waals surface area contributed by atoms with Crippen molar-refractivity contribution in [3.05, 3.63) is 0 Å². The predicted molar refractivity (Wildman–Crippen MR) is 34.1 cm³/mol. The topological polar surface area (TPSA) is 29.1 Å². The van der Waals surface area contributed by atoms with Crippen molar-refractivity contribution in [2.75, 3.05) is 0 Å². The number of hydrogen-bond acceptors (Lipinski definition) is 2. The van der Waals surface area contributed by atoms with Crippen molar-refractivity contribution < 1.29 is 4.79 Å². The Morgan fingerprint density at radius 1 is 1.67 bits per heavy atom. The number of piperidine rings is 1. The van der Waals surface area contributed by atoms with E-state index in [1.807, 2.05) is 0 Å². The van der Waals surface area contributed by atoms with Gasteiger partial charge in [-0.05, 0) is 19.3 Å². The molecular formula is C7H11NO. The minimum absolute atomic E-state index is 0.227. The summed E-state index contributed by atoms with van der Waals surface area (Å²) >= 11 is 0. The lowest BCUT2D eigenvalue weighted by atomic mass is 10.0. The summed E-state index contributed by atoms with van der Waals surface area (Å²) in [6.45, 7) is 2.16. The van der Waals surface area contributed by atoms with Crippen LogP contribution in [0.4, 0.5) is 0 Å². The molecular weight excluding hydrogens is 114 g/mol. The molecule has 0 amide bonds. The molecule has 2 fully saturated rings. The summed E-state index contributed by atoms with van der Waals surface area (Å²) < 4.78 is 0. The van der Waals surface area contributed by atoms with E-state index >= 15 is 0 Å². The second kappa shape index (κ2) is 1.57. The molecule has 2 heteroatoms. The van der Waals surface area contributed by atoms with Crippen LogP contribution in [0.5, 0.6) is 0 Å². The van der Waals surface area contributed by atoms with Gasteiger partial charge < -0.3 is 5.32 Å². The van der Waals surface area contributed by atoms with Crippen molar-refractivity contribution in [1.29, 1.82) is 0 Å². The van der Waals surface area contributed by atoms with Crippen LogP contribution < -0.4 is 5.32 Å².